The van der Waals surface area contributed by atoms with Gasteiger partial charge < -0.3 is 10.6 Å². The molecule has 1 atom stereocenters. The fraction of sp³-hybridized carbons (Fsp3) is 0.400. The molecular weight excluding hydrogens is 178 g/mol. The summed E-state index contributed by atoms with van der Waals surface area (Å²) in [6.07, 6.45) is 1.67. The summed E-state index contributed by atoms with van der Waals surface area (Å²) in [5.41, 5.74) is 6.29. The molecule has 1 aromatic rings. The van der Waals surface area contributed by atoms with Gasteiger partial charge in [-0.3, -0.25) is 9.78 Å². The second kappa shape index (κ2) is 4.72. The predicted molar refractivity (Wildman–Crippen MR) is 54.7 cm³/mol. The van der Waals surface area contributed by atoms with Crippen LogP contribution in [0.2, 0.25) is 0 Å². The summed E-state index contributed by atoms with van der Waals surface area (Å²) in [5.74, 6) is -0.336. The zero-order valence-electron chi connectivity index (χ0n) is 8.47. The Kier molecular flexibility index (Phi) is 3.59. The van der Waals surface area contributed by atoms with Gasteiger partial charge in [-0.1, -0.05) is 6.07 Å². The van der Waals surface area contributed by atoms with Crippen LogP contribution in [0.25, 0.3) is 0 Å². The lowest BCUT2D eigenvalue weighted by molar-refractivity contribution is -0.130. The number of nitrogens with zero attached hydrogens (tertiary/aromatic N) is 2. The molecule has 2 N–H and O–H groups in total. The Balaban J connectivity index is 2.88. The SMILES string of the molecule is CN(C)C(=O)C(CN)c1ccccn1. The number of rotatable bonds is 3. The number of amides is 1. The van der Waals surface area contributed by atoms with Gasteiger partial charge in [-0.25, -0.2) is 0 Å². The topological polar surface area (TPSA) is 59.2 Å². The number of hydrogen-bond acceptors (Lipinski definition) is 3. The van der Waals surface area contributed by atoms with Crippen molar-refractivity contribution in [1.29, 1.82) is 0 Å². The van der Waals surface area contributed by atoms with Crippen molar-refractivity contribution in [3.05, 3.63) is 30.1 Å². The number of hydrogen-bond donors (Lipinski definition) is 1. The predicted octanol–water partition coefficient (Wildman–Crippen LogP) is 0.212. The van der Waals surface area contributed by atoms with Crippen LogP contribution in [0.5, 0.6) is 0 Å². The van der Waals surface area contributed by atoms with Gasteiger partial charge >= 0.3 is 0 Å². The molecule has 0 saturated carbocycles. The molecule has 0 saturated heterocycles. The highest BCUT2D eigenvalue weighted by atomic mass is 16.2. The zero-order valence-corrected chi connectivity index (χ0v) is 8.47. The van der Waals surface area contributed by atoms with Crippen molar-refractivity contribution in [2.24, 2.45) is 5.73 Å². The zero-order chi connectivity index (χ0) is 10.6. The molecule has 4 nitrogen and oxygen atoms in total. The van der Waals surface area contributed by atoms with Crippen LogP contribution in [0.4, 0.5) is 0 Å². The molecule has 0 spiro atoms. The molecule has 1 amide bonds. The first-order chi connectivity index (χ1) is 6.66. The second-order valence-electron chi connectivity index (χ2n) is 3.28. The third-order valence-electron chi connectivity index (χ3n) is 2.02. The van der Waals surface area contributed by atoms with E-state index in [1.807, 2.05) is 18.2 Å². The van der Waals surface area contributed by atoms with E-state index in [0.717, 1.165) is 5.69 Å². The van der Waals surface area contributed by atoms with Gasteiger partial charge in [0.25, 0.3) is 0 Å². The van der Waals surface area contributed by atoms with Gasteiger partial charge in [-0.05, 0) is 12.1 Å². The number of nitrogens with two attached hydrogens (primary N) is 1. The number of aromatic nitrogens is 1. The highest BCUT2D eigenvalue weighted by Gasteiger charge is 2.21. The summed E-state index contributed by atoms with van der Waals surface area (Å²) in [6.45, 7) is 0.286. The van der Waals surface area contributed by atoms with Gasteiger partial charge in [0, 0.05) is 26.8 Å². The van der Waals surface area contributed by atoms with Gasteiger partial charge in [0.05, 0.1) is 11.6 Å². The molecule has 0 radical (unpaired) electrons. The fourth-order valence-electron chi connectivity index (χ4n) is 1.24. The normalized spacial score (nSPS) is 12.2. The Morgan fingerprint density at radius 1 is 1.57 bits per heavy atom. The summed E-state index contributed by atoms with van der Waals surface area (Å²) < 4.78 is 0. The van der Waals surface area contributed by atoms with E-state index in [-0.39, 0.29) is 18.4 Å². The van der Waals surface area contributed by atoms with Crippen molar-refractivity contribution >= 4 is 5.91 Å². The number of pyridine rings is 1. The van der Waals surface area contributed by atoms with Crippen LogP contribution >= 0.6 is 0 Å². The van der Waals surface area contributed by atoms with Gasteiger partial charge in [-0.2, -0.15) is 0 Å². The average Bonchev–Trinajstić information content (AvgIpc) is 2.20. The molecule has 0 fully saturated rings. The van der Waals surface area contributed by atoms with E-state index < -0.39 is 0 Å². The number of likely N-dealkylation sites (N-methyl/N-ethyl adjacent to an activating group) is 1. The highest BCUT2D eigenvalue weighted by molar-refractivity contribution is 5.83. The smallest absolute Gasteiger partial charge is 0.232 e. The van der Waals surface area contributed by atoms with Crippen LogP contribution in [0, 0.1) is 0 Å². The molecule has 0 bridgehead atoms. The summed E-state index contributed by atoms with van der Waals surface area (Å²) in [4.78, 5) is 17.3. The Morgan fingerprint density at radius 3 is 2.71 bits per heavy atom. The summed E-state index contributed by atoms with van der Waals surface area (Å²) >= 11 is 0. The lowest BCUT2D eigenvalue weighted by Crippen LogP contribution is -2.33. The standard InChI is InChI=1S/C10H15N3O/c1-13(2)10(14)8(7-11)9-5-3-4-6-12-9/h3-6,8H,7,11H2,1-2H3. The maximum absolute atomic E-state index is 11.7. The van der Waals surface area contributed by atoms with Crippen molar-refractivity contribution in [1.82, 2.24) is 9.88 Å². The molecular formula is C10H15N3O. The highest BCUT2D eigenvalue weighted by Crippen LogP contribution is 2.13. The molecule has 0 aromatic carbocycles. The third-order valence-corrected chi connectivity index (χ3v) is 2.02. The molecule has 0 aliphatic heterocycles. The van der Waals surface area contributed by atoms with E-state index in [1.54, 1.807) is 20.3 Å². The Hall–Kier alpha value is -1.42. The first kappa shape index (κ1) is 10.7. The van der Waals surface area contributed by atoms with Crippen LogP contribution in [0.1, 0.15) is 11.6 Å². The monoisotopic (exact) mass is 193 g/mol. The number of carbonyl (C=O) groups excluding carboxylic acids is 1. The maximum Gasteiger partial charge on any atom is 0.232 e. The number of carbonyl (C=O) groups is 1. The van der Waals surface area contributed by atoms with Crippen LogP contribution < -0.4 is 5.73 Å². The Labute approximate surface area is 83.7 Å². The quantitative estimate of drug-likeness (QED) is 0.746. The van der Waals surface area contributed by atoms with Crippen LogP contribution in [-0.4, -0.2) is 36.4 Å². The summed E-state index contributed by atoms with van der Waals surface area (Å²) in [7, 11) is 3.43. The molecule has 4 heteroatoms. The van der Waals surface area contributed by atoms with E-state index >= 15 is 0 Å². The molecule has 1 rings (SSSR count). The molecule has 1 heterocycles. The third kappa shape index (κ3) is 2.29. The van der Waals surface area contributed by atoms with Crippen molar-refractivity contribution in [2.75, 3.05) is 20.6 Å². The van der Waals surface area contributed by atoms with Crippen molar-refractivity contribution in [2.45, 2.75) is 5.92 Å². The molecule has 1 aromatic heterocycles. The Bertz CT molecular complexity index is 297. The molecule has 14 heavy (non-hydrogen) atoms. The fourth-order valence-corrected chi connectivity index (χ4v) is 1.24. The average molecular weight is 193 g/mol. The minimum Gasteiger partial charge on any atom is -0.348 e. The molecule has 0 aliphatic carbocycles. The lowest BCUT2D eigenvalue weighted by atomic mass is 10.0. The first-order valence-electron chi connectivity index (χ1n) is 4.49. The lowest BCUT2D eigenvalue weighted by Gasteiger charge is -2.18. The second-order valence-corrected chi connectivity index (χ2v) is 3.28. The minimum atomic E-state index is -0.328. The molecule has 0 aliphatic rings. The van der Waals surface area contributed by atoms with Crippen molar-refractivity contribution < 1.29 is 4.79 Å². The van der Waals surface area contributed by atoms with E-state index in [2.05, 4.69) is 4.98 Å². The van der Waals surface area contributed by atoms with Crippen molar-refractivity contribution in [3.8, 4) is 0 Å². The van der Waals surface area contributed by atoms with Crippen molar-refractivity contribution in [3.63, 3.8) is 0 Å². The van der Waals surface area contributed by atoms with Gasteiger partial charge in [0.2, 0.25) is 5.91 Å². The van der Waals surface area contributed by atoms with Crippen LogP contribution in [0.15, 0.2) is 24.4 Å². The van der Waals surface area contributed by atoms with E-state index in [0.29, 0.717) is 0 Å². The van der Waals surface area contributed by atoms with Gasteiger partial charge in [0.15, 0.2) is 0 Å². The first-order valence-corrected chi connectivity index (χ1v) is 4.49. The Morgan fingerprint density at radius 2 is 2.29 bits per heavy atom. The van der Waals surface area contributed by atoms with E-state index in [9.17, 15) is 4.79 Å². The largest absolute Gasteiger partial charge is 0.348 e. The minimum absolute atomic E-state index is 0.00815. The maximum atomic E-state index is 11.7. The van der Waals surface area contributed by atoms with Gasteiger partial charge in [-0.15, -0.1) is 0 Å². The summed E-state index contributed by atoms with van der Waals surface area (Å²) in [6, 6.07) is 5.49. The summed E-state index contributed by atoms with van der Waals surface area (Å²) in [5, 5.41) is 0. The van der Waals surface area contributed by atoms with Gasteiger partial charge in [0.1, 0.15) is 0 Å². The van der Waals surface area contributed by atoms with Crippen LogP contribution in [0.3, 0.4) is 0 Å². The molecule has 1 unspecified atom stereocenters. The van der Waals surface area contributed by atoms with E-state index in [1.165, 1.54) is 4.90 Å². The molecule has 76 valence electrons. The van der Waals surface area contributed by atoms with Crippen LogP contribution in [-0.2, 0) is 4.79 Å². The van der Waals surface area contributed by atoms with E-state index in [4.69, 9.17) is 5.73 Å².